The minimum atomic E-state index is -0.563. The van der Waals surface area contributed by atoms with E-state index in [1.165, 1.54) is 5.57 Å². The molecule has 2 heteroatoms. The molecule has 0 aromatic carbocycles. The lowest BCUT2D eigenvalue weighted by Gasteiger charge is -2.23. The zero-order chi connectivity index (χ0) is 9.19. The molecule has 0 aromatic rings. The molecule has 0 aliphatic carbocycles. The zero-order valence-corrected chi connectivity index (χ0v) is 8.22. The highest BCUT2D eigenvalue weighted by atomic mass is 16.3. The van der Waals surface area contributed by atoms with Crippen molar-refractivity contribution in [3.63, 3.8) is 0 Å². The van der Waals surface area contributed by atoms with E-state index in [0.29, 0.717) is 12.5 Å². The molecule has 2 nitrogen and oxygen atoms in total. The number of hydrogen-bond donors (Lipinski definition) is 2. The largest absolute Gasteiger partial charge is 0.389 e. The van der Waals surface area contributed by atoms with Gasteiger partial charge in [0.2, 0.25) is 0 Å². The third-order valence-corrected chi connectivity index (χ3v) is 2.34. The zero-order valence-electron chi connectivity index (χ0n) is 8.22. The fourth-order valence-corrected chi connectivity index (χ4v) is 1.56. The molecule has 1 heterocycles. The van der Waals surface area contributed by atoms with Gasteiger partial charge in [-0.2, -0.15) is 0 Å². The van der Waals surface area contributed by atoms with Gasteiger partial charge in [0.1, 0.15) is 0 Å². The molecule has 0 amide bonds. The molecule has 0 aromatic heterocycles. The normalized spacial score (nSPS) is 31.6. The molecule has 1 aliphatic rings. The highest BCUT2D eigenvalue weighted by Crippen LogP contribution is 2.23. The van der Waals surface area contributed by atoms with Crippen molar-refractivity contribution in [1.29, 1.82) is 0 Å². The molecule has 0 fully saturated rings. The summed E-state index contributed by atoms with van der Waals surface area (Å²) in [5.41, 5.74) is 0.803. The van der Waals surface area contributed by atoms with E-state index >= 15 is 0 Å². The third kappa shape index (κ3) is 2.61. The van der Waals surface area contributed by atoms with Gasteiger partial charge in [-0.05, 0) is 19.3 Å². The fraction of sp³-hybridized carbons (Fsp3) is 0.800. The van der Waals surface area contributed by atoms with Gasteiger partial charge in [-0.25, -0.2) is 0 Å². The van der Waals surface area contributed by atoms with Gasteiger partial charge in [-0.3, -0.25) is 0 Å². The molecule has 1 rings (SSSR count). The summed E-state index contributed by atoms with van der Waals surface area (Å²) in [4.78, 5) is 0. The minimum absolute atomic E-state index is 0.552. The van der Waals surface area contributed by atoms with Gasteiger partial charge >= 0.3 is 0 Å². The number of nitrogens with one attached hydrogen (secondary N) is 1. The van der Waals surface area contributed by atoms with Gasteiger partial charge < -0.3 is 10.4 Å². The number of aliphatic hydroxyl groups is 1. The summed E-state index contributed by atoms with van der Waals surface area (Å²) in [6, 6.07) is 0. The van der Waals surface area contributed by atoms with Crippen LogP contribution in [0.25, 0.3) is 0 Å². The lowest BCUT2D eigenvalue weighted by Crippen LogP contribution is -2.36. The Morgan fingerprint density at radius 3 is 2.83 bits per heavy atom. The van der Waals surface area contributed by atoms with E-state index in [1.807, 2.05) is 6.92 Å². The number of β-amino-alcohol motifs (C(OH)–C–C–N with tert-alkyl or cyclic N) is 1. The Hall–Kier alpha value is -0.340. The topological polar surface area (TPSA) is 32.3 Å². The molecule has 2 N–H and O–H groups in total. The monoisotopic (exact) mass is 169 g/mol. The second kappa shape index (κ2) is 3.58. The van der Waals surface area contributed by atoms with E-state index in [1.54, 1.807) is 0 Å². The van der Waals surface area contributed by atoms with Crippen LogP contribution in [0.3, 0.4) is 0 Å². The fourth-order valence-electron chi connectivity index (χ4n) is 1.56. The molecule has 0 saturated carbocycles. The Labute approximate surface area is 74.7 Å². The maximum atomic E-state index is 9.87. The predicted molar refractivity (Wildman–Crippen MR) is 51.0 cm³/mol. The van der Waals surface area contributed by atoms with Gasteiger partial charge in [0, 0.05) is 13.1 Å². The van der Waals surface area contributed by atoms with Crippen LogP contribution in [0.4, 0.5) is 0 Å². The molecule has 1 unspecified atom stereocenters. The van der Waals surface area contributed by atoms with E-state index in [4.69, 9.17) is 0 Å². The van der Waals surface area contributed by atoms with Gasteiger partial charge in [-0.15, -0.1) is 0 Å². The van der Waals surface area contributed by atoms with Gasteiger partial charge in [0.15, 0.2) is 0 Å². The number of rotatable bonds is 1. The molecule has 0 spiro atoms. The minimum Gasteiger partial charge on any atom is -0.389 e. The Morgan fingerprint density at radius 2 is 2.25 bits per heavy atom. The highest BCUT2D eigenvalue weighted by molar-refractivity contribution is 5.11. The van der Waals surface area contributed by atoms with Crippen molar-refractivity contribution < 1.29 is 5.11 Å². The second-order valence-corrected chi connectivity index (χ2v) is 4.24. The molecule has 0 radical (unpaired) electrons. The summed E-state index contributed by atoms with van der Waals surface area (Å²) in [6.45, 7) is 7.82. The summed E-state index contributed by atoms with van der Waals surface area (Å²) >= 11 is 0. The molecule has 12 heavy (non-hydrogen) atoms. The number of hydrogen-bond acceptors (Lipinski definition) is 2. The molecule has 0 bridgehead atoms. The van der Waals surface area contributed by atoms with Crippen molar-refractivity contribution in [2.45, 2.75) is 32.8 Å². The van der Waals surface area contributed by atoms with Crippen molar-refractivity contribution in [1.82, 2.24) is 5.32 Å². The lowest BCUT2D eigenvalue weighted by molar-refractivity contribution is 0.0616. The molecular formula is C10H19NO. The first kappa shape index (κ1) is 9.75. The Kier molecular flexibility index (Phi) is 2.91. The molecule has 0 saturated heterocycles. The Balaban J connectivity index is 2.68. The van der Waals surface area contributed by atoms with Crippen molar-refractivity contribution in [2.75, 3.05) is 13.1 Å². The first-order valence-electron chi connectivity index (χ1n) is 4.63. The van der Waals surface area contributed by atoms with Crippen molar-refractivity contribution in [3.05, 3.63) is 11.6 Å². The van der Waals surface area contributed by atoms with Crippen molar-refractivity contribution in [2.24, 2.45) is 5.92 Å². The standard InChI is InChI=1S/C10H19NO/c1-8(2)9-4-5-11-7-10(3,12)6-9/h4,8,11-12H,5-7H2,1-3H3. The van der Waals surface area contributed by atoms with Crippen molar-refractivity contribution in [3.8, 4) is 0 Å². The Bertz CT molecular complexity index is 182. The van der Waals surface area contributed by atoms with Crippen LogP contribution in [0.1, 0.15) is 27.2 Å². The molecular weight excluding hydrogens is 150 g/mol. The molecule has 1 aliphatic heterocycles. The summed E-state index contributed by atoms with van der Waals surface area (Å²) in [5, 5.41) is 13.1. The van der Waals surface area contributed by atoms with E-state index in [-0.39, 0.29) is 0 Å². The summed E-state index contributed by atoms with van der Waals surface area (Å²) < 4.78 is 0. The SMILES string of the molecule is CC(C)C1=CCNCC(C)(O)C1. The van der Waals surface area contributed by atoms with E-state index in [0.717, 1.165) is 13.0 Å². The third-order valence-electron chi connectivity index (χ3n) is 2.34. The van der Waals surface area contributed by atoms with Gasteiger partial charge in [-0.1, -0.05) is 25.5 Å². The quantitative estimate of drug-likeness (QED) is 0.580. The van der Waals surface area contributed by atoms with Crippen LogP contribution in [0.2, 0.25) is 0 Å². The molecule has 1 atom stereocenters. The average Bonchev–Trinajstić information content (AvgIpc) is 2.10. The Morgan fingerprint density at radius 1 is 1.58 bits per heavy atom. The van der Waals surface area contributed by atoms with E-state index in [9.17, 15) is 5.11 Å². The van der Waals surface area contributed by atoms with Crippen LogP contribution in [0.5, 0.6) is 0 Å². The average molecular weight is 169 g/mol. The van der Waals surface area contributed by atoms with Crippen LogP contribution in [0, 0.1) is 5.92 Å². The first-order valence-corrected chi connectivity index (χ1v) is 4.63. The van der Waals surface area contributed by atoms with Crippen LogP contribution < -0.4 is 5.32 Å². The molecule has 70 valence electrons. The van der Waals surface area contributed by atoms with Gasteiger partial charge in [0.25, 0.3) is 0 Å². The van der Waals surface area contributed by atoms with Crippen LogP contribution in [-0.2, 0) is 0 Å². The second-order valence-electron chi connectivity index (χ2n) is 4.24. The first-order chi connectivity index (χ1) is 5.51. The summed E-state index contributed by atoms with van der Waals surface area (Å²) in [6.07, 6.45) is 3.00. The van der Waals surface area contributed by atoms with E-state index in [2.05, 4.69) is 25.2 Å². The maximum Gasteiger partial charge on any atom is 0.0780 e. The maximum absolute atomic E-state index is 9.87. The van der Waals surface area contributed by atoms with Crippen LogP contribution in [-0.4, -0.2) is 23.8 Å². The van der Waals surface area contributed by atoms with Crippen molar-refractivity contribution >= 4 is 0 Å². The van der Waals surface area contributed by atoms with Crippen LogP contribution in [0.15, 0.2) is 11.6 Å². The van der Waals surface area contributed by atoms with E-state index < -0.39 is 5.60 Å². The summed E-state index contributed by atoms with van der Waals surface area (Å²) in [5.74, 6) is 0.552. The highest BCUT2D eigenvalue weighted by Gasteiger charge is 2.24. The smallest absolute Gasteiger partial charge is 0.0780 e. The summed E-state index contributed by atoms with van der Waals surface area (Å²) in [7, 11) is 0. The predicted octanol–water partition coefficient (Wildman–Crippen LogP) is 1.31. The van der Waals surface area contributed by atoms with Crippen LogP contribution >= 0.6 is 0 Å². The van der Waals surface area contributed by atoms with Gasteiger partial charge in [0.05, 0.1) is 5.60 Å². The lowest BCUT2D eigenvalue weighted by atomic mass is 9.91.